The molecule has 0 atom stereocenters. The van der Waals surface area contributed by atoms with Gasteiger partial charge in [0.25, 0.3) is 0 Å². The third-order valence-corrected chi connectivity index (χ3v) is 2.43. The van der Waals surface area contributed by atoms with Gasteiger partial charge in [0.1, 0.15) is 0 Å². The van der Waals surface area contributed by atoms with Crippen LogP contribution in [0.3, 0.4) is 0 Å². The predicted octanol–water partition coefficient (Wildman–Crippen LogP) is 0.356. The number of pyridine rings is 1. The Morgan fingerprint density at radius 3 is 2.57 bits per heavy atom. The topological polar surface area (TPSA) is 120 Å². The lowest BCUT2D eigenvalue weighted by molar-refractivity contribution is -0.136. The van der Waals surface area contributed by atoms with Gasteiger partial charge < -0.3 is 21.1 Å². The van der Waals surface area contributed by atoms with Crippen LogP contribution < -0.4 is 16.0 Å². The number of anilines is 1. The van der Waals surface area contributed by atoms with Crippen LogP contribution in [0.4, 0.5) is 10.5 Å². The Kier molecular flexibility index (Phi) is 6.66. The molecule has 1 aromatic rings. The van der Waals surface area contributed by atoms with E-state index in [9.17, 15) is 14.4 Å². The van der Waals surface area contributed by atoms with Crippen LogP contribution in [0.2, 0.25) is 0 Å². The van der Waals surface area contributed by atoms with Gasteiger partial charge in [0.05, 0.1) is 24.0 Å². The quantitative estimate of drug-likeness (QED) is 0.578. The van der Waals surface area contributed by atoms with Crippen molar-refractivity contribution in [3.05, 3.63) is 24.0 Å². The Hall–Kier alpha value is -2.64. The highest BCUT2D eigenvalue weighted by Gasteiger charge is 2.05. The molecule has 0 spiro atoms. The second kappa shape index (κ2) is 8.51. The van der Waals surface area contributed by atoms with Crippen LogP contribution in [0.1, 0.15) is 19.0 Å². The lowest BCUT2D eigenvalue weighted by Crippen LogP contribution is -2.33. The molecule has 0 saturated carbocycles. The first-order valence-electron chi connectivity index (χ1n) is 6.49. The molecule has 0 aromatic carbocycles. The summed E-state index contributed by atoms with van der Waals surface area (Å²) in [6.07, 6.45) is 1.41. The molecule has 0 aliphatic rings. The van der Waals surface area contributed by atoms with E-state index >= 15 is 0 Å². The third kappa shape index (κ3) is 6.90. The zero-order valence-corrected chi connectivity index (χ0v) is 11.7. The summed E-state index contributed by atoms with van der Waals surface area (Å²) in [6, 6.07) is 2.64. The number of carboxylic acids is 1. The van der Waals surface area contributed by atoms with Crippen molar-refractivity contribution in [1.29, 1.82) is 0 Å². The number of aliphatic carboxylic acids is 1. The Bertz CT molecular complexity index is 501. The zero-order chi connectivity index (χ0) is 15.7. The molecule has 0 aliphatic heterocycles. The Labute approximate surface area is 121 Å². The monoisotopic (exact) mass is 294 g/mol. The minimum absolute atomic E-state index is 0.127. The van der Waals surface area contributed by atoms with Gasteiger partial charge in [-0.25, -0.2) is 4.79 Å². The van der Waals surface area contributed by atoms with Gasteiger partial charge >= 0.3 is 12.0 Å². The summed E-state index contributed by atoms with van der Waals surface area (Å²) < 4.78 is 0. The molecule has 21 heavy (non-hydrogen) atoms. The fourth-order valence-corrected chi connectivity index (χ4v) is 1.51. The molecule has 8 nitrogen and oxygen atoms in total. The average molecular weight is 294 g/mol. The van der Waals surface area contributed by atoms with Crippen molar-refractivity contribution in [2.75, 3.05) is 18.4 Å². The molecule has 8 heteroatoms. The number of carboxylic acid groups (broad SMARTS) is 1. The SMILES string of the molecule is CCNC(=O)CCNC(=O)Nc1ccc(CC(=O)O)nc1. The van der Waals surface area contributed by atoms with Gasteiger partial charge in [-0.2, -0.15) is 0 Å². The second-order valence-electron chi connectivity index (χ2n) is 4.19. The Morgan fingerprint density at radius 2 is 2.00 bits per heavy atom. The largest absolute Gasteiger partial charge is 0.481 e. The number of rotatable bonds is 7. The Morgan fingerprint density at radius 1 is 1.24 bits per heavy atom. The van der Waals surface area contributed by atoms with Crippen LogP contribution in [-0.2, 0) is 16.0 Å². The molecule has 0 bridgehead atoms. The smallest absolute Gasteiger partial charge is 0.319 e. The lowest BCUT2D eigenvalue weighted by atomic mass is 10.2. The van der Waals surface area contributed by atoms with Crippen LogP contribution in [0.5, 0.6) is 0 Å². The van der Waals surface area contributed by atoms with E-state index in [-0.39, 0.29) is 25.3 Å². The van der Waals surface area contributed by atoms with Crippen molar-refractivity contribution < 1.29 is 19.5 Å². The van der Waals surface area contributed by atoms with Crippen LogP contribution in [0, 0.1) is 0 Å². The van der Waals surface area contributed by atoms with Crippen molar-refractivity contribution >= 4 is 23.6 Å². The maximum absolute atomic E-state index is 11.5. The molecule has 1 aromatic heterocycles. The fourth-order valence-electron chi connectivity index (χ4n) is 1.51. The molecule has 0 saturated heterocycles. The van der Waals surface area contributed by atoms with E-state index in [1.54, 1.807) is 6.07 Å². The van der Waals surface area contributed by atoms with Crippen LogP contribution >= 0.6 is 0 Å². The molecule has 0 radical (unpaired) electrons. The second-order valence-corrected chi connectivity index (χ2v) is 4.19. The molecular weight excluding hydrogens is 276 g/mol. The molecule has 3 amide bonds. The van der Waals surface area contributed by atoms with E-state index in [2.05, 4.69) is 20.9 Å². The van der Waals surface area contributed by atoms with Crippen molar-refractivity contribution in [2.24, 2.45) is 0 Å². The van der Waals surface area contributed by atoms with E-state index in [0.717, 1.165) is 0 Å². The number of aromatic nitrogens is 1. The van der Waals surface area contributed by atoms with E-state index in [1.165, 1.54) is 12.3 Å². The number of carbonyl (C=O) groups is 3. The average Bonchev–Trinajstić information content (AvgIpc) is 2.40. The van der Waals surface area contributed by atoms with Crippen molar-refractivity contribution in [3.8, 4) is 0 Å². The van der Waals surface area contributed by atoms with E-state index in [1.807, 2.05) is 6.92 Å². The number of carbonyl (C=O) groups excluding carboxylic acids is 2. The number of urea groups is 1. The number of nitrogens with one attached hydrogen (secondary N) is 3. The van der Waals surface area contributed by atoms with Crippen LogP contribution in [-0.4, -0.2) is 41.1 Å². The number of hydrogen-bond donors (Lipinski definition) is 4. The summed E-state index contributed by atoms with van der Waals surface area (Å²) in [6.45, 7) is 2.60. The molecule has 4 N–H and O–H groups in total. The van der Waals surface area contributed by atoms with Gasteiger partial charge in [0.2, 0.25) is 5.91 Å². The maximum atomic E-state index is 11.5. The highest BCUT2D eigenvalue weighted by Crippen LogP contribution is 2.06. The third-order valence-electron chi connectivity index (χ3n) is 2.43. The highest BCUT2D eigenvalue weighted by molar-refractivity contribution is 5.89. The predicted molar refractivity (Wildman–Crippen MR) is 75.9 cm³/mol. The molecule has 114 valence electrons. The van der Waals surface area contributed by atoms with E-state index in [4.69, 9.17) is 5.11 Å². The number of nitrogens with zero attached hydrogens (tertiary/aromatic N) is 1. The van der Waals surface area contributed by atoms with Gasteiger partial charge in [0.15, 0.2) is 0 Å². The van der Waals surface area contributed by atoms with Gasteiger partial charge in [-0.05, 0) is 19.1 Å². The van der Waals surface area contributed by atoms with E-state index in [0.29, 0.717) is 17.9 Å². The molecule has 0 unspecified atom stereocenters. The van der Waals surface area contributed by atoms with Gasteiger partial charge in [-0.1, -0.05) is 0 Å². The first-order valence-corrected chi connectivity index (χ1v) is 6.49. The van der Waals surface area contributed by atoms with Gasteiger partial charge in [-0.15, -0.1) is 0 Å². The molecule has 1 rings (SSSR count). The fraction of sp³-hybridized carbons (Fsp3) is 0.385. The van der Waals surface area contributed by atoms with Crippen LogP contribution in [0.25, 0.3) is 0 Å². The molecular formula is C13H18N4O4. The summed E-state index contributed by atoms with van der Waals surface area (Å²) in [5.41, 5.74) is 0.851. The number of amides is 3. The minimum atomic E-state index is -0.966. The van der Waals surface area contributed by atoms with Gasteiger partial charge in [0, 0.05) is 19.5 Å². The minimum Gasteiger partial charge on any atom is -0.481 e. The summed E-state index contributed by atoms with van der Waals surface area (Å²) in [5, 5.41) is 16.3. The first-order chi connectivity index (χ1) is 10.0. The normalized spacial score (nSPS) is 9.76. The Balaban J connectivity index is 2.34. The first kappa shape index (κ1) is 16.4. The maximum Gasteiger partial charge on any atom is 0.319 e. The zero-order valence-electron chi connectivity index (χ0n) is 11.7. The molecule has 0 fully saturated rings. The standard InChI is InChI=1S/C13H18N4O4/c1-2-14-11(18)5-6-15-13(21)17-10-4-3-9(16-8-10)7-12(19)20/h3-4,8H,2,5-7H2,1H3,(H,14,18)(H,19,20)(H2,15,17,21). The summed E-state index contributed by atoms with van der Waals surface area (Å²) >= 11 is 0. The van der Waals surface area contributed by atoms with Crippen LogP contribution in [0.15, 0.2) is 18.3 Å². The summed E-state index contributed by atoms with van der Waals surface area (Å²) in [7, 11) is 0. The van der Waals surface area contributed by atoms with Crippen molar-refractivity contribution in [1.82, 2.24) is 15.6 Å². The summed E-state index contributed by atoms with van der Waals surface area (Å²) in [4.78, 5) is 37.1. The van der Waals surface area contributed by atoms with E-state index < -0.39 is 12.0 Å². The lowest BCUT2D eigenvalue weighted by Gasteiger charge is -2.07. The van der Waals surface area contributed by atoms with Gasteiger partial charge in [-0.3, -0.25) is 14.6 Å². The molecule has 0 aliphatic carbocycles. The van der Waals surface area contributed by atoms with Crippen molar-refractivity contribution in [2.45, 2.75) is 19.8 Å². The van der Waals surface area contributed by atoms with Crippen molar-refractivity contribution in [3.63, 3.8) is 0 Å². The summed E-state index contributed by atoms with van der Waals surface area (Å²) in [5.74, 6) is -1.09. The number of hydrogen-bond acceptors (Lipinski definition) is 4. The highest BCUT2D eigenvalue weighted by atomic mass is 16.4. The molecule has 1 heterocycles.